The van der Waals surface area contributed by atoms with Crippen LogP contribution in [0.15, 0.2) is 255 Å². The molecule has 2 nitrogen and oxygen atoms in total. The topological polar surface area (TPSA) is 6.48 Å². The van der Waals surface area contributed by atoms with E-state index in [2.05, 4.69) is 265 Å². The molecule has 1 spiro atoms. The van der Waals surface area contributed by atoms with E-state index >= 15 is 0 Å². The molecule has 2 heteroatoms. The smallest absolute Gasteiger partial charge is 0.0714 e. The second kappa shape index (κ2) is 16.2. The van der Waals surface area contributed by atoms with E-state index in [1.807, 2.05) is 0 Å². The molecule has 0 saturated heterocycles. The van der Waals surface area contributed by atoms with Crippen molar-refractivity contribution < 1.29 is 0 Å². The Bertz CT molecular complexity index is 3520. The SMILES string of the molecule is c1ccc(-c2cccc(N(c3ccccc3)c3cccc4c3C35c6c(cccc6N(c6ccccc6)c6ccc7c(c6)C(c6ccccc6)(c6ccccc6)c6ccccc6-7)CC3CCC5C4)c2)cc1. The molecule has 0 aromatic heterocycles. The van der Waals surface area contributed by atoms with Crippen molar-refractivity contribution in [1.82, 2.24) is 0 Å². The van der Waals surface area contributed by atoms with Crippen LogP contribution in [0.25, 0.3) is 22.3 Å². The van der Waals surface area contributed by atoms with Gasteiger partial charge in [-0.1, -0.05) is 194 Å². The van der Waals surface area contributed by atoms with Gasteiger partial charge >= 0.3 is 0 Å². The van der Waals surface area contributed by atoms with Gasteiger partial charge in [-0.05, 0) is 165 Å². The van der Waals surface area contributed by atoms with Crippen LogP contribution in [0.4, 0.5) is 34.1 Å². The number of hydrogen-bond acceptors (Lipinski definition) is 2. The van der Waals surface area contributed by atoms with Crippen molar-refractivity contribution in [3.8, 4) is 22.3 Å². The predicted molar refractivity (Wildman–Crippen MR) is 289 cm³/mol. The van der Waals surface area contributed by atoms with Crippen LogP contribution in [0, 0.1) is 11.8 Å². The number of nitrogens with zero attached hydrogens (tertiary/aromatic N) is 2. The van der Waals surface area contributed by atoms with Crippen molar-refractivity contribution in [1.29, 1.82) is 0 Å². The molecule has 0 bridgehead atoms. The summed E-state index contributed by atoms with van der Waals surface area (Å²) >= 11 is 0. The molecule has 10 aromatic carbocycles. The summed E-state index contributed by atoms with van der Waals surface area (Å²) in [5.41, 5.74) is 22.8. The Morgan fingerprint density at radius 2 is 0.771 bits per heavy atom. The van der Waals surface area contributed by atoms with Crippen molar-refractivity contribution in [3.05, 3.63) is 299 Å². The Morgan fingerprint density at radius 1 is 0.329 bits per heavy atom. The summed E-state index contributed by atoms with van der Waals surface area (Å²) in [6, 6.07) is 95.6. The monoisotopic (exact) mass is 896 g/mol. The van der Waals surface area contributed by atoms with E-state index in [1.54, 1.807) is 0 Å². The largest absolute Gasteiger partial charge is 0.310 e. The highest BCUT2D eigenvalue weighted by Crippen LogP contribution is 2.69. The summed E-state index contributed by atoms with van der Waals surface area (Å²) < 4.78 is 0. The zero-order valence-corrected chi connectivity index (χ0v) is 39.1. The molecule has 0 N–H and O–H groups in total. The highest BCUT2D eigenvalue weighted by atomic mass is 15.2. The molecule has 0 heterocycles. The Labute approximate surface area is 411 Å². The van der Waals surface area contributed by atoms with Gasteiger partial charge in [0, 0.05) is 28.2 Å². The van der Waals surface area contributed by atoms with Gasteiger partial charge in [-0.15, -0.1) is 0 Å². The van der Waals surface area contributed by atoms with Crippen LogP contribution in [0.1, 0.15) is 57.3 Å². The normalized spacial score (nSPS) is 18.5. The van der Waals surface area contributed by atoms with E-state index in [0.29, 0.717) is 11.8 Å². The lowest BCUT2D eigenvalue weighted by Crippen LogP contribution is -2.34. The summed E-state index contributed by atoms with van der Waals surface area (Å²) in [7, 11) is 0. The van der Waals surface area contributed by atoms with Gasteiger partial charge in [-0.2, -0.15) is 0 Å². The molecule has 4 aliphatic rings. The zero-order valence-electron chi connectivity index (χ0n) is 39.1. The number of anilines is 6. The Hall–Kier alpha value is -8.20. The fraction of sp³-hybridized carbons (Fsp3) is 0.118. The molecule has 3 unspecified atom stereocenters. The Morgan fingerprint density at radius 3 is 1.34 bits per heavy atom. The van der Waals surface area contributed by atoms with Gasteiger partial charge in [0.1, 0.15) is 0 Å². The second-order valence-electron chi connectivity index (χ2n) is 19.9. The van der Waals surface area contributed by atoms with Crippen LogP contribution in [0.3, 0.4) is 0 Å². The molecule has 14 rings (SSSR count). The van der Waals surface area contributed by atoms with E-state index in [0.717, 1.165) is 12.8 Å². The summed E-state index contributed by atoms with van der Waals surface area (Å²) in [4.78, 5) is 5.19. The summed E-state index contributed by atoms with van der Waals surface area (Å²) in [5, 5.41) is 0. The molecule has 0 radical (unpaired) electrons. The molecule has 70 heavy (non-hydrogen) atoms. The zero-order chi connectivity index (χ0) is 46.2. The van der Waals surface area contributed by atoms with Gasteiger partial charge in [0.25, 0.3) is 0 Å². The quantitative estimate of drug-likeness (QED) is 0.142. The Balaban J connectivity index is 1.01. The number of para-hydroxylation sites is 2. The lowest BCUT2D eigenvalue weighted by atomic mass is 9.67. The lowest BCUT2D eigenvalue weighted by Gasteiger charge is -2.40. The molecular formula is C68H52N2. The van der Waals surface area contributed by atoms with Gasteiger partial charge in [-0.25, -0.2) is 0 Å². The van der Waals surface area contributed by atoms with Crippen LogP contribution >= 0.6 is 0 Å². The standard InChI is InChI=1S/C68H52N2/c1-6-21-47(22-7-1)48-23-18-34-57(45-48)69(55-30-12-4-13-31-55)63-37-19-24-49-43-53-39-40-54-44-50-25-20-38-64(66(50)68(53,54)65(49)63)70(56-32-14-5-15-33-56)58-41-42-60-59-35-16-17-36-61(59)67(62(60)46-58,51-26-8-2-9-27-51)52-28-10-3-11-29-52/h1-38,41-42,45-46,53-54H,39-40,43-44H2. The van der Waals surface area contributed by atoms with Crippen LogP contribution in [-0.2, 0) is 23.7 Å². The maximum Gasteiger partial charge on any atom is 0.0714 e. The molecule has 3 atom stereocenters. The summed E-state index contributed by atoms with van der Waals surface area (Å²) in [6.07, 6.45) is 4.61. The highest BCUT2D eigenvalue weighted by molar-refractivity contribution is 5.91. The first-order valence-corrected chi connectivity index (χ1v) is 25.2. The molecule has 1 fully saturated rings. The van der Waals surface area contributed by atoms with Crippen LogP contribution < -0.4 is 9.80 Å². The van der Waals surface area contributed by atoms with Crippen LogP contribution in [-0.4, -0.2) is 0 Å². The van der Waals surface area contributed by atoms with Gasteiger partial charge in [0.2, 0.25) is 0 Å². The maximum atomic E-state index is 2.62. The van der Waals surface area contributed by atoms with Crippen molar-refractivity contribution in [2.45, 2.75) is 36.5 Å². The molecule has 0 aliphatic heterocycles. The van der Waals surface area contributed by atoms with E-state index in [1.165, 1.54) is 114 Å². The minimum absolute atomic E-state index is 0.181. The molecule has 4 aliphatic carbocycles. The van der Waals surface area contributed by atoms with E-state index in [-0.39, 0.29) is 5.41 Å². The summed E-state index contributed by atoms with van der Waals surface area (Å²) in [5.74, 6) is 0.973. The van der Waals surface area contributed by atoms with Crippen LogP contribution in [0.5, 0.6) is 0 Å². The number of rotatable bonds is 9. The van der Waals surface area contributed by atoms with Gasteiger partial charge < -0.3 is 9.80 Å². The van der Waals surface area contributed by atoms with E-state index in [4.69, 9.17) is 0 Å². The first-order chi connectivity index (χ1) is 34.7. The molecule has 10 aromatic rings. The van der Waals surface area contributed by atoms with Gasteiger partial charge in [0.15, 0.2) is 0 Å². The Kier molecular flexibility index (Phi) is 9.46. The fourth-order valence-electron chi connectivity index (χ4n) is 14.1. The van der Waals surface area contributed by atoms with E-state index in [9.17, 15) is 0 Å². The van der Waals surface area contributed by atoms with Gasteiger partial charge in [-0.3, -0.25) is 0 Å². The van der Waals surface area contributed by atoms with Gasteiger partial charge in [0.05, 0.1) is 16.8 Å². The average molecular weight is 897 g/mol. The minimum atomic E-state index is -0.510. The van der Waals surface area contributed by atoms with Crippen molar-refractivity contribution in [2.75, 3.05) is 9.80 Å². The average Bonchev–Trinajstić information content (AvgIpc) is 4.15. The van der Waals surface area contributed by atoms with Crippen molar-refractivity contribution >= 4 is 34.1 Å². The molecule has 334 valence electrons. The maximum absolute atomic E-state index is 2.62. The third-order valence-corrected chi connectivity index (χ3v) is 16.6. The van der Waals surface area contributed by atoms with Crippen molar-refractivity contribution in [2.24, 2.45) is 11.8 Å². The minimum Gasteiger partial charge on any atom is -0.310 e. The first kappa shape index (κ1) is 40.8. The molecule has 1 saturated carbocycles. The third kappa shape index (κ3) is 5.93. The predicted octanol–water partition coefficient (Wildman–Crippen LogP) is 17.1. The third-order valence-electron chi connectivity index (χ3n) is 16.6. The number of hydrogen-bond donors (Lipinski definition) is 0. The number of fused-ring (bicyclic) bond motifs is 5. The lowest BCUT2D eigenvalue weighted by molar-refractivity contribution is 0.350. The molecular weight excluding hydrogens is 845 g/mol. The van der Waals surface area contributed by atoms with E-state index < -0.39 is 5.41 Å². The first-order valence-electron chi connectivity index (χ1n) is 25.2. The fourth-order valence-corrected chi connectivity index (χ4v) is 14.1. The van der Waals surface area contributed by atoms with Crippen molar-refractivity contribution in [3.63, 3.8) is 0 Å². The second-order valence-corrected chi connectivity index (χ2v) is 19.9. The number of benzene rings is 10. The molecule has 0 amide bonds. The van der Waals surface area contributed by atoms with Crippen LogP contribution in [0.2, 0.25) is 0 Å². The summed E-state index contributed by atoms with van der Waals surface area (Å²) in [6.45, 7) is 0. The highest BCUT2D eigenvalue weighted by Gasteiger charge is 2.62.